The third-order valence-electron chi connectivity index (χ3n) is 3.22. The van der Waals surface area contributed by atoms with Crippen molar-refractivity contribution in [2.45, 2.75) is 19.4 Å². The number of likely N-dealkylation sites (N-methyl/N-ethyl adjacent to an activating group) is 1. The number of benzene rings is 2. The van der Waals surface area contributed by atoms with Crippen LogP contribution < -0.4 is 5.32 Å². The summed E-state index contributed by atoms with van der Waals surface area (Å²) in [7, 11) is 0. The molecular weight excluding hydrogens is 360 g/mol. The molecule has 0 amide bonds. The predicted octanol–water partition coefficient (Wildman–Crippen LogP) is 5.27. The van der Waals surface area contributed by atoms with Gasteiger partial charge in [0.05, 0.1) is 5.02 Å². The zero-order valence-electron chi connectivity index (χ0n) is 11.5. The second kappa shape index (κ2) is 7.34. The lowest BCUT2D eigenvalue weighted by Crippen LogP contribution is -2.24. The zero-order valence-corrected chi connectivity index (χ0v) is 13.8. The molecule has 2 rings (SSSR count). The van der Waals surface area contributed by atoms with Gasteiger partial charge in [-0.15, -0.1) is 0 Å². The van der Waals surface area contributed by atoms with Crippen LogP contribution in [0.2, 0.25) is 5.02 Å². The summed E-state index contributed by atoms with van der Waals surface area (Å²) in [6, 6.07) is 9.00. The lowest BCUT2D eigenvalue weighted by atomic mass is 9.98. The average molecular weight is 375 g/mol. The molecule has 0 saturated heterocycles. The molecule has 0 aromatic heterocycles. The molecule has 0 bridgehead atoms. The molecule has 2 aromatic carbocycles. The molecule has 112 valence electrons. The zero-order chi connectivity index (χ0) is 15.4. The second-order valence-corrected chi connectivity index (χ2v) is 5.99. The molecule has 0 heterocycles. The maximum Gasteiger partial charge on any atom is 0.129 e. The molecule has 0 aliphatic heterocycles. The fourth-order valence-electron chi connectivity index (χ4n) is 2.20. The fourth-order valence-corrected chi connectivity index (χ4v) is 2.69. The summed E-state index contributed by atoms with van der Waals surface area (Å²) in [5, 5.41) is 3.71. The summed E-state index contributed by atoms with van der Waals surface area (Å²) in [5.41, 5.74) is 1.44. The van der Waals surface area contributed by atoms with Crippen LogP contribution in [0.3, 0.4) is 0 Å². The smallest absolute Gasteiger partial charge is 0.129 e. The van der Waals surface area contributed by atoms with Crippen LogP contribution in [0.5, 0.6) is 0 Å². The maximum atomic E-state index is 14.2. The fraction of sp³-hybridized carbons (Fsp3) is 0.250. The lowest BCUT2D eigenvalue weighted by molar-refractivity contribution is 0.509. The van der Waals surface area contributed by atoms with Crippen molar-refractivity contribution < 1.29 is 8.78 Å². The van der Waals surface area contributed by atoms with E-state index in [-0.39, 0.29) is 17.7 Å². The van der Waals surface area contributed by atoms with Crippen molar-refractivity contribution in [2.75, 3.05) is 6.54 Å². The number of hydrogen-bond acceptors (Lipinski definition) is 1. The second-order valence-electron chi connectivity index (χ2n) is 4.73. The van der Waals surface area contributed by atoms with Crippen LogP contribution in [-0.2, 0) is 6.42 Å². The predicted molar refractivity (Wildman–Crippen MR) is 85.6 cm³/mol. The van der Waals surface area contributed by atoms with Gasteiger partial charge in [-0.25, -0.2) is 8.78 Å². The van der Waals surface area contributed by atoms with Gasteiger partial charge in [0.15, 0.2) is 0 Å². The van der Waals surface area contributed by atoms with Crippen LogP contribution in [0, 0.1) is 11.6 Å². The molecule has 1 unspecified atom stereocenters. The Morgan fingerprint density at radius 1 is 1.19 bits per heavy atom. The summed E-state index contributed by atoms with van der Waals surface area (Å²) in [5.74, 6) is -0.601. The number of hydrogen-bond donors (Lipinski definition) is 1. The molecular formula is C16H15BrClF2N. The summed E-state index contributed by atoms with van der Waals surface area (Å²) < 4.78 is 27.7. The largest absolute Gasteiger partial charge is 0.310 e. The number of halogens is 4. The normalized spacial score (nSPS) is 12.4. The minimum atomic E-state index is -0.320. The van der Waals surface area contributed by atoms with Crippen molar-refractivity contribution in [3.8, 4) is 0 Å². The van der Waals surface area contributed by atoms with Crippen molar-refractivity contribution in [3.05, 3.63) is 68.7 Å². The Balaban J connectivity index is 2.30. The van der Waals surface area contributed by atoms with Gasteiger partial charge in [0.2, 0.25) is 0 Å². The minimum absolute atomic E-state index is 0.217. The van der Waals surface area contributed by atoms with Crippen molar-refractivity contribution in [2.24, 2.45) is 0 Å². The monoisotopic (exact) mass is 373 g/mol. The van der Waals surface area contributed by atoms with E-state index >= 15 is 0 Å². The van der Waals surface area contributed by atoms with Gasteiger partial charge in [0.25, 0.3) is 0 Å². The number of rotatable bonds is 5. The summed E-state index contributed by atoms with van der Waals surface area (Å²) in [6.45, 7) is 2.65. The Morgan fingerprint density at radius 3 is 2.48 bits per heavy atom. The highest BCUT2D eigenvalue weighted by Gasteiger charge is 2.17. The van der Waals surface area contributed by atoms with Crippen molar-refractivity contribution in [1.82, 2.24) is 5.32 Å². The van der Waals surface area contributed by atoms with E-state index in [9.17, 15) is 8.78 Å². The molecule has 0 saturated carbocycles. The Morgan fingerprint density at radius 2 is 1.86 bits per heavy atom. The van der Waals surface area contributed by atoms with Gasteiger partial charge >= 0.3 is 0 Å². The van der Waals surface area contributed by atoms with E-state index in [0.29, 0.717) is 28.0 Å². The molecule has 1 atom stereocenters. The van der Waals surface area contributed by atoms with Crippen LogP contribution in [0.15, 0.2) is 40.9 Å². The van der Waals surface area contributed by atoms with Crippen molar-refractivity contribution in [3.63, 3.8) is 0 Å². The quantitative estimate of drug-likeness (QED) is 0.703. The summed E-state index contributed by atoms with van der Waals surface area (Å²) in [6.07, 6.45) is 0.559. The molecule has 1 nitrogen and oxygen atoms in total. The Bertz CT molecular complexity index is 616. The molecule has 5 heteroatoms. The van der Waals surface area contributed by atoms with E-state index < -0.39 is 0 Å². The number of nitrogens with one attached hydrogen (secondary N) is 1. The standard InChI is InChI=1S/C16H15BrClF2N/c1-2-21-16(7-10-3-5-11(19)6-4-10)12-8-14(18)13(17)9-15(12)20/h3-6,8-9,16,21H,2,7H2,1H3. The third kappa shape index (κ3) is 4.25. The van der Waals surface area contributed by atoms with Crippen LogP contribution >= 0.6 is 27.5 Å². The van der Waals surface area contributed by atoms with Crippen LogP contribution in [-0.4, -0.2) is 6.54 Å². The highest BCUT2D eigenvalue weighted by atomic mass is 79.9. The van der Waals surface area contributed by atoms with E-state index in [0.717, 1.165) is 5.56 Å². The Kier molecular flexibility index (Phi) is 5.73. The van der Waals surface area contributed by atoms with Gasteiger partial charge < -0.3 is 5.32 Å². The van der Waals surface area contributed by atoms with E-state index in [4.69, 9.17) is 11.6 Å². The molecule has 21 heavy (non-hydrogen) atoms. The van der Waals surface area contributed by atoms with E-state index in [2.05, 4.69) is 21.2 Å². The molecule has 0 aliphatic rings. The van der Waals surface area contributed by atoms with E-state index in [1.807, 2.05) is 6.92 Å². The van der Waals surface area contributed by atoms with Gasteiger partial charge in [0.1, 0.15) is 11.6 Å². The van der Waals surface area contributed by atoms with Gasteiger partial charge in [-0.2, -0.15) is 0 Å². The molecule has 2 aromatic rings. The Labute approximate surface area is 136 Å². The Hall–Kier alpha value is -0.970. The lowest BCUT2D eigenvalue weighted by Gasteiger charge is -2.20. The first kappa shape index (κ1) is 16.4. The molecule has 0 spiro atoms. The molecule has 0 fully saturated rings. The topological polar surface area (TPSA) is 12.0 Å². The first-order valence-corrected chi connectivity index (χ1v) is 7.80. The third-order valence-corrected chi connectivity index (χ3v) is 4.42. The van der Waals surface area contributed by atoms with Crippen molar-refractivity contribution in [1.29, 1.82) is 0 Å². The highest BCUT2D eigenvalue weighted by Crippen LogP contribution is 2.30. The average Bonchev–Trinajstić information content (AvgIpc) is 2.45. The van der Waals surface area contributed by atoms with Crippen molar-refractivity contribution >= 4 is 27.5 Å². The van der Waals surface area contributed by atoms with Gasteiger partial charge in [-0.3, -0.25) is 0 Å². The summed E-state index contributed by atoms with van der Waals surface area (Å²) in [4.78, 5) is 0. The van der Waals surface area contributed by atoms with Gasteiger partial charge in [-0.1, -0.05) is 30.7 Å². The van der Waals surface area contributed by atoms with E-state index in [1.165, 1.54) is 18.2 Å². The SMILES string of the molecule is CCNC(Cc1ccc(F)cc1)c1cc(Cl)c(Br)cc1F. The molecule has 0 radical (unpaired) electrons. The molecule has 0 aliphatic carbocycles. The highest BCUT2D eigenvalue weighted by molar-refractivity contribution is 9.10. The van der Waals surface area contributed by atoms with Crippen LogP contribution in [0.4, 0.5) is 8.78 Å². The summed E-state index contributed by atoms with van der Waals surface area (Å²) >= 11 is 9.27. The van der Waals surface area contributed by atoms with Gasteiger partial charge in [0, 0.05) is 16.1 Å². The maximum absolute atomic E-state index is 14.2. The van der Waals surface area contributed by atoms with Crippen LogP contribution in [0.25, 0.3) is 0 Å². The minimum Gasteiger partial charge on any atom is -0.310 e. The van der Waals surface area contributed by atoms with E-state index in [1.54, 1.807) is 18.2 Å². The van der Waals surface area contributed by atoms with Crippen LogP contribution in [0.1, 0.15) is 24.1 Å². The first-order chi connectivity index (χ1) is 10.0. The molecule has 1 N–H and O–H groups in total. The first-order valence-electron chi connectivity index (χ1n) is 6.63. The van der Waals surface area contributed by atoms with Gasteiger partial charge in [-0.05, 0) is 58.7 Å².